The molecule has 1 fully saturated rings. The average Bonchev–Trinajstić information content (AvgIpc) is 2.96. The van der Waals surface area contributed by atoms with Crippen LogP contribution in [0.1, 0.15) is 30.6 Å². The topological polar surface area (TPSA) is 90.0 Å². The Kier molecular flexibility index (Phi) is 6.63. The highest BCUT2D eigenvalue weighted by Crippen LogP contribution is 2.19. The van der Waals surface area contributed by atoms with Gasteiger partial charge in [0.2, 0.25) is 0 Å². The lowest BCUT2D eigenvalue weighted by atomic mass is 10.1. The van der Waals surface area contributed by atoms with Crippen LogP contribution in [0.15, 0.2) is 24.3 Å². The maximum absolute atomic E-state index is 12.5. The van der Waals surface area contributed by atoms with Crippen LogP contribution >= 0.6 is 0 Å². The summed E-state index contributed by atoms with van der Waals surface area (Å²) in [5.74, 6) is -0.127. The van der Waals surface area contributed by atoms with E-state index in [9.17, 15) is 18.0 Å². The molecule has 1 atom stereocenters. The first-order valence-electron chi connectivity index (χ1n) is 8.53. The number of carbonyl (C=O) groups is 2. The summed E-state index contributed by atoms with van der Waals surface area (Å²) >= 11 is 0. The summed E-state index contributed by atoms with van der Waals surface area (Å²) in [4.78, 5) is 26.2. The summed E-state index contributed by atoms with van der Waals surface area (Å²) in [7, 11) is -1.58. The Bertz CT molecular complexity index is 741. The molecule has 144 valence electrons. The number of hydrogen-bond acceptors (Lipinski definition) is 6. The minimum absolute atomic E-state index is 0.0299. The number of carbonyl (C=O) groups excluding carboxylic acids is 2. The molecule has 0 N–H and O–H groups in total. The maximum Gasteiger partial charge on any atom is 0.338 e. The fraction of sp³-hybridized carbons (Fsp3) is 0.556. The van der Waals surface area contributed by atoms with Gasteiger partial charge in [0.15, 0.2) is 16.4 Å². The number of sulfone groups is 1. The minimum Gasteiger partial charge on any atom is -0.497 e. The van der Waals surface area contributed by atoms with Gasteiger partial charge in [0.25, 0.3) is 5.91 Å². The number of benzene rings is 1. The average molecular weight is 383 g/mol. The molecule has 1 aliphatic rings. The fourth-order valence-electron chi connectivity index (χ4n) is 2.89. The van der Waals surface area contributed by atoms with Crippen molar-refractivity contribution in [3.05, 3.63) is 29.8 Å². The molecule has 0 unspecified atom stereocenters. The third-order valence-electron chi connectivity index (χ3n) is 4.18. The molecule has 0 spiro atoms. The Morgan fingerprint density at radius 2 is 1.88 bits per heavy atom. The summed E-state index contributed by atoms with van der Waals surface area (Å²) < 4.78 is 33.6. The van der Waals surface area contributed by atoms with E-state index >= 15 is 0 Å². The smallest absolute Gasteiger partial charge is 0.338 e. The standard InChI is InChI=1S/C18H25NO6S/c1-13(2)10-19(15-8-9-26(22,23)12-15)17(20)11-25-18(21)14-4-6-16(24-3)7-5-14/h4-7,13,15H,8-12H2,1-3H3/t15-/m1/s1. The van der Waals surface area contributed by atoms with Gasteiger partial charge in [0, 0.05) is 12.6 Å². The van der Waals surface area contributed by atoms with E-state index < -0.39 is 22.4 Å². The largest absolute Gasteiger partial charge is 0.497 e. The summed E-state index contributed by atoms with van der Waals surface area (Å²) in [5, 5.41) is 0. The third-order valence-corrected chi connectivity index (χ3v) is 5.93. The SMILES string of the molecule is COc1ccc(C(=O)OCC(=O)N(CC(C)C)[C@@H]2CCS(=O)(=O)C2)cc1. The van der Waals surface area contributed by atoms with E-state index in [0.29, 0.717) is 24.3 Å². The van der Waals surface area contributed by atoms with Crippen molar-refractivity contribution in [3.8, 4) is 5.75 Å². The number of esters is 1. The van der Waals surface area contributed by atoms with E-state index in [1.807, 2.05) is 13.8 Å². The van der Waals surface area contributed by atoms with Crippen LogP contribution in [0.3, 0.4) is 0 Å². The molecule has 1 saturated heterocycles. The Morgan fingerprint density at radius 3 is 2.38 bits per heavy atom. The second kappa shape index (κ2) is 8.53. The Hall–Kier alpha value is -2.09. The first kappa shape index (κ1) is 20.2. The van der Waals surface area contributed by atoms with Crippen molar-refractivity contribution >= 4 is 21.7 Å². The van der Waals surface area contributed by atoms with Gasteiger partial charge in [-0.05, 0) is 36.6 Å². The Morgan fingerprint density at radius 1 is 1.23 bits per heavy atom. The van der Waals surface area contributed by atoms with Gasteiger partial charge in [-0.25, -0.2) is 13.2 Å². The molecule has 8 heteroatoms. The van der Waals surface area contributed by atoms with Crippen LogP contribution in [-0.2, 0) is 19.4 Å². The van der Waals surface area contributed by atoms with Crippen LogP contribution in [-0.4, -0.2) is 63.0 Å². The molecule has 0 radical (unpaired) electrons. The van der Waals surface area contributed by atoms with Crippen LogP contribution in [0.25, 0.3) is 0 Å². The summed E-state index contributed by atoms with van der Waals surface area (Å²) in [6, 6.07) is 6.02. The van der Waals surface area contributed by atoms with Crippen LogP contribution < -0.4 is 4.74 Å². The first-order chi connectivity index (χ1) is 12.2. The molecule has 1 amide bonds. The highest BCUT2D eigenvalue weighted by atomic mass is 32.2. The Labute approximate surface area is 154 Å². The highest BCUT2D eigenvalue weighted by molar-refractivity contribution is 7.91. The predicted molar refractivity (Wildman–Crippen MR) is 96.9 cm³/mol. The highest BCUT2D eigenvalue weighted by Gasteiger charge is 2.35. The molecule has 0 saturated carbocycles. The number of rotatable bonds is 7. The zero-order valence-electron chi connectivity index (χ0n) is 15.3. The molecule has 1 heterocycles. The van der Waals surface area contributed by atoms with Gasteiger partial charge in [-0.2, -0.15) is 0 Å². The van der Waals surface area contributed by atoms with E-state index in [0.717, 1.165) is 0 Å². The van der Waals surface area contributed by atoms with E-state index in [1.165, 1.54) is 12.0 Å². The second-order valence-corrected chi connectivity index (χ2v) is 9.03. The fourth-order valence-corrected chi connectivity index (χ4v) is 4.62. The third kappa shape index (κ3) is 5.45. The summed E-state index contributed by atoms with van der Waals surface area (Å²) in [6.07, 6.45) is 0.424. The maximum atomic E-state index is 12.5. The number of nitrogens with zero attached hydrogens (tertiary/aromatic N) is 1. The summed E-state index contributed by atoms with van der Waals surface area (Å²) in [6.45, 7) is 3.92. The number of methoxy groups -OCH3 is 1. The lowest BCUT2D eigenvalue weighted by Crippen LogP contribution is -2.45. The molecule has 7 nitrogen and oxygen atoms in total. The molecular weight excluding hydrogens is 358 g/mol. The van der Waals surface area contributed by atoms with Crippen molar-refractivity contribution < 1.29 is 27.5 Å². The molecular formula is C18H25NO6S. The number of hydrogen-bond donors (Lipinski definition) is 0. The minimum atomic E-state index is -3.10. The van der Waals surface area contributed by atoms with Gasteiger partial charge in [-0.3, -0.25) is 4.79 Å². The number of ether oxygens (including phenoxy) is 2. The van der Waals surface area contributed by atoms with Gasteiger partial charge in [0.05, 0.1) is 24.2 Å². The van der Waals surface area contributed by atoms with Crippen LogP contribution in [0.2, 0.25) is 0 Å². The van der Waals surface area contributed by atoms with Crippen LogP contribution in [0, 0.1) is 5.92 Å². The van der Waals surface area contributed by atoms with Gasteiger partial charge < -0.3 is 14.4 Å². The van der Waals surface area contributed by atoms with E-state index in [1.54, 1.807) is 24.3 Å². The van der Waals surface area contributed by atoms with Crippen molar-refractivity contribution in [2.24, 2.45) is 5.92 Å². The van der Waals surface area contributed by atoms with Gasteiger partial charge in [0.1, 0.15) is 5.75 Å². The molecule has 0 aliphatic carbocycles. The first-order valence-corrected chi connectivity index (χ1v) is 10.3. The van der Waals surface area contributed by atoms with Crippen LogP contribution in [0.5, 0.6) is 5.75 Å². The quantitative estimate of drug-likeness (QED) is 0.663. The molecule has 1 aliphatic heterocycles. The van der Waals surface area contributed by atoms with Crippen molar-refractivity contribution in [1.29, 1.82) is 0 Å². The molecule has 0 aromatic heterocycles. The van der Waals surface area contributed by atoms with Crippen LogP contribution in [0.4, 0.5) is 0 Å². The van der Waals surface area contributed by atoms with Gasteiger partial charge in [-0.15, -0.1) is 0 Å². The van der Waals surface area contributed by atoms with Crippen molar-refractivity contribution in [2.75, 3.05) is 31.8 Å². The van der Waals surface area contributed by atoms with Gasteiger partial charge >= 0.3 is 5.97 Å². The lowest BCUT2D eigenvalue weighted by molar-refractivity contribution is -0.137. The number of amides is 1. The van der Waals surface area contributed by atoms with Crippen molar-refractivity contribution in [2.45, 2.75) is 26.3 Å². The zero-order valence-corrected chi connectivity index (χ0v) is 16.1. The normalized spacial score (nSPS) is 18.5. The van der Waals surface area contributed by atoms with E-state index in [4.69, 9.17) is 9.47 Å². The molecule has 0 bridgehead atoms. The zero-order chi connectivity index (χ0) is 19.3. The molecule has 26 heavy (non-hydrogen) atoms. The molecule has 1 aromatic rings. The summed E-state index contributed by atoms with van der Waals surface area (Å²) in [5.41, 5.74) is 0.317. The Balaban J connectivity index is 1.98. The van der Waals surface area contributed by atoms with E-state index in [-0.39, 0.29) is 29.4 Å². The molecule has 1 aromatic carbocycles. The second-order valence-electron chi connectivity index (χ2n) is 6.80. The van der Waals surface area contributed by atoms with Crippen molar-refractivity contribution in [3.63, 3.8) is 0 Å². The lowest BCUT2D eigenvalue weighted by Gasteiger charge is -2.29. The predicted octanol–water partition coefficient (Wildman–Crippen LogP) is 1.52. The molecule has 2 rings (SSSR count). The van der Waals surface area contributed by atoms with E-state index in [2.05, 4.69) is 0 Å². The monoisotopic (exact) mass is 383 g/mol. The van der Waals surface area contributed by atoms with Crippen molar-refractivity contribution in [1.82, 2.24) is 4.90 Å². The van der Waals surface area contributed by atoms with Gasteiger partial charge in [-0.1, -0.05) is 13.8 Å².